The van der Waals surface area contributed by atoms with Crippen LogP contribution in [0.15, 0.2) is 18.0 Å². The van der Waals surface area contributed by atoms with Gasteiger partial charge in [-0.2, -0.15) is 28.4 Å². The fourth-order valence-electron chi connectivity index (χ4n) is 6.92. The van der Waals surface area contributed by atoms with Gasteiger partial charge in [0.25, 0.3) is 0 Å². The maximum atomic E-state index is 16.8. The molecule has 0 saturated carbocycles. The molecule has 0 radical (unpaired) electrons. The molecule has 10 nitrogen and oxygen atoms in total. The standard InChI is InChI=1S/C31H32F6N8O2/c1-30(13-44(2)7-6-15(30)9-32)14-47-29-42-26-22(27(43-29)45-11-16-4-5-17(12-45)40-16)28(46-3)41-25(24(26)34)21-18(10-38)20(39)8-19(33)23(21)31(35,36)37/h8-9,16-17,40H,4-7,11-14,39H2,1-3H3/b15-9+/t16-,17+,30-/m0/s1. The summed E-state index contributed by atoms with van der Waals surface area (Å²) in [6.07, 6.45) is -2.56. The van der Waals surface area contributed by atoms with Crippen molar-refractivity contribution in [3.05, 3.63) is 40.7 Å². The summed E-state index contributed by atoms with van der Waals surface area (Å²) in [5.41, 5.74) is -0.662. The fraction of sp³-hybridized carbons (Fsp3) is 0.484. The van der Waals surface area contributed by atoms with Crippen molar-refractivity contribution >= 4 is 22.4 Å². The molecule has 250 valence electrons. The van der Waals surface area contributed by atoms with Gasteiger partial charge in [0.1, 0.15) is 46.5 Å². The number of rotatable bonds is 6. The number of anilines is 2. The Morgan fingerprint density at radius 1 is 1.19 bits per heavy atom. The molecule has 0 unspecified atom stereocenters. The van der Waals surface area contributed by atoms with Crippen LogP contribution in [0.25, 0.3) is 22.2 Å². The summed E-state index contributed by atoms with van der Waals surface area (Å²) >= 11 is 0. The lowest BCUT2D eigenvalue weighted by Gasteiger charge is -2.40. The highest BCUT2D eigenvalue weighted by molar-refractivity contribution is 5.97. The van der Waals surface area contributed by atoms with E-state index < -0.39 is 56.8 Å². The number of hydrogen-bond acceptors (Lipinski definition) is 10. The number of pyridine rings is 1. The molecule has 16 heteroatoms. The lowest BCUT2D eigenvalue weighted by molar-refractivity contribution is -0.139. The highest BCUT2D eigenvalue weighted by Crippen LogP contribution is 2.46. The summed E-state index contributed by atoms with van der Waals surface area (Å²) in [5.74, 6) is -3.39. The number of benzene rings is 1. The number of nitrogens with two attached hydrogens (primary N) is 1. The number of methoxy groups -OCH3 is 1. The van der Waals surface area contributed by atoms with E-state index in [-0.39, 0.29) is 41.8 Å². The van der Waals surface area contributed by atoms with Gasteiger partial charge in [-0.15, -0.1) is 0 Å². The minimum Gasteiger partial charge on any atom is -0.480 e. The molecule has 2 bridgehead atoms. The van der Waals surface area contributed by atoms with E-state index in [1.54, 1.807) is 0 Å². The molecule has 3 saturated heterocycles. The average molecular weight is 663 g/mol. The van der Waals surface area contributed by atoms with Gasteiger partial charge in [-0.05, 0) is 37.9 Å². The van der Waals surface area contributed by atoms with Crippen molar-refractivity contribution in [1.29, 1.82) is 5.26 Å². The van der Waals surface area contributed by atoms with Crippen LogP contribution >= 0.6 is 0 Å². The lowest BCUT2D eigenvalue weighted by Crippen LogP contribution is -2.51. The largest absolute Gasteiger partial charge is 0.480 e. The normalized spacial score (nSPS) is 24.2. The predicted molar refractivity (Wildman–Crippen MR) is 160 cm³/mol. The number of nitrogens with zero attached hydrogens (tertiary/aromatic N) is 6. The first-order valence-electron chi connectivity index (χ1n) is 14.9. The fourth-order valence-corrected chi connectivity index (χ4v) is 6.92. The van der Waals surface area contributed by atoms with Crippen molar-refractivity contribution < 1.29 is 35.8 Å². The molecule has 3 aromatic rings. The topological polar surface area (TPSA) is 125 Å². The number of fused-ring (bicyclic) bond motifs is 3. The van der Waals surface area contributed by atoms with Crippen LogP contribution in [0.3, 0.4) is 0 Å². The highest BCUT2D eigenvalue weighted by atomic mass is 19.4. The van der Waals surface area contributed by atoms with E-state index in [1.807, 2.05) is 23.8 Å². The van der Waals surface area contributed by atoms with Gasteiger partial charge in [0.15, 0.2) is 5.82 Å². The zero-order chi connectivity index (χ0) is 33.8. The van der Waals surface area contributed by atoms with E-state index >= 15 is 4.39 Å². The van der Waals surface area contributed by atoms with Crippen LogP contribution in [0, 0.1) is 28.4 Å². The molecule has 0 aliphatic carbocycles. The van der Waals surface area contributed by atoms with Crippen LogP contribution < -0.4 is 25.4 Å². The van der Waals surface area contributed by atoms with E-state index in [1.165, 1.54) is 13.2 Å². The first kappa shape index (κ1) is 32.6. The highest BCUT2D eigenvalue weighted by Gasteiger charge is 2.42. The van der Waals surface area contributed by atoms with Crippen LogP contribution in [0.1, 0.15) is 37.3 Å². The number of nitrogen functional groups attached to an aromatic ring is 1. The summed E-state index contributed by atoms with van der Waals surface area (Å²) < 4.78 is 99.8. The van der Waals surface area contributed by atoms with Crippen LogP contribution in [0.2, 0.25) is 0 Å². The molecular formula is C31H32F6N8O2. The molecule has 3 N–H and O–H groups in total. The third kappa shape index (κ3) is 5.75. The van der Waals surface area contributed by atoms with Crippen LogP contribution in [-0.2, 0) is 6.18 Å². The molecule has 0 spiro atoms. The monoisotopic (exact) mass is 662 g/mol. The lowest BCUT2D eigenvalue weighted by atomic mass is 9.78. The molecule has 5 heterocycles. The Morgan fingerprint density at radius 2 is 1.89 bits per heavy atom. The maximum absolute atomic E-state index is 16.8. The number of piperidine rings is 1. The van der Waals surface area contributed by atoms with Crippen molar-refractivity contribution in [3.8, 4) is 29.2 Å². The van der Waals surface area contributed by atoms with E-state index in [9.17, 15) is 27.2 Å². The van der Waals surface area contributed by atoms with Gasteiger partial charge in [0, 0.05) is 49.2 Å². The SMILES string of the molecule is COc1nc(-c2c(C#N)c(N)cc(F)c2C(F)(F)F)c(F)c2nc(OC[C@]3(C)CN(C)CC/C3=C\F)nc(N3C[C@H]4CC[C@@H](C3)N4)c12. The zero-order valence-corrected chi connectivity index (χ0v) is 25.8. The number of halogens is 6. The molecule has 47 heavy (non-hydrogen) atoms. The van der Waals surface area contributed by atoms with Crippen LogP contribution in [0.4, 0.5) is 37.8 Å². The van der Waals surface area contributed by atoms with Crippen molar-refractivity contribution in [3.63, 3.8) is 0 Å². The Hall–Kier alpha value is -4.36. The van der Waals surface area contributed by atoms with Gasteiger partial charge >= 0.3 is 12.2 Å². The summed E-state index contributed by atoms with van der Waals surface area (Å²) in [6.45, 7) is 3.72. The first-order valence-corrected chi connectivity index (χ1v) is 14.9. The van der Waals surface area contributed by atoms with Crippen molar-refractivity contribution in [2.24, 2.45) is 5.41 Å². The second-order valence-corrected chi connectivity index (χ2v) is 12.5. The summed E-state index contributed by atoms with van der Waals surface area (Å²) in [7, 11) is 3.07. The molecule has 6 rings (SSSR count). The van der Waals surface area contributed by atoms with Gasteiger partial charge < -0.3 is 30.3 Å². The van der Waals surface area contributed by atoms with Crippen LogP contribution in [0.5, 0.6) is 11.9 Å². The second-order valence-electron chi connectivity index (χ2n) is 12.5. The second kappa shape index (κ2) is 12.0. The molecule has 3 aliphatic rings. The van der Waals surface area contributed by atoms with Crippen molar-refractivity contribution in [1.82, 2.24) is 25.2 Å². The zero-order valence-electron chi connectivity index (χ0n) is 25.8. The number of alkyl halides is 3. The number of nitriles is 1. The van der Waals surface area contributed by atoms with E-state index in [2.05, 4.69) is 20.3 Å². The number of aromatic nitrogens is 3. The number of hydrogen-bond donors (Lipinski definition) is 2. The Labute approximate surface area is 266 Å². The summed E-state index contributed by atoms with van der Waals surface area (Å²) in [6, 6.07) is 1.76. The summed E-state index contributed by atoms with van der Waals surface area (Å²) in [4.78, 5) is 16.8. The Bertz CT molecular complexity index is 1800. The Kier molecular flexibility index (Phi) is 8.33. The molecule has 0 amide bonds. The van der Waals surface area contributed by atoms with E-state index in [0.29, 0.717) is 50.6 Å². The molecule has 3 atom stereocenters. The summed E-state index contributed by atoms with van der Waals surface area (Å²) in [5, 5.41) is 13.2. The van der Waals surface area contributed by atoms with Gasteiger partial charge in [0.2, 0.25) is 5.88 Å². The average Bonchev–Trinajstić information content (AvgIpc) is 3.36. The van der Waals surface area contributed by atoms with Crippen LogP contribution in [-0.4, -0.2) is 78.9 Å². The predicted octanol–water partition coefficient (Wildman–Crippen LogP) is 4.97. The van der Waals surface area contributed by atoms with Crippen molar-refractivity contribution in [2.45, 2.75) is 44.4 Å². The number of ether oxygens (including phenoxy) is 2. The van der Waals surface area contributed by atoms with Gasteiger partial charge in [0.05, 0.1) is 24.7 Å². The minimum absolute atomic E-state index is 0.0493. The van der Waals surface area contributed by atoms with Gasteiger partial charge in [-0.25, -0.2) is 18.2 Å². The first-order chi connectivity index (χ1) is 22.3. The number of nitrogens with one attached hydrogen (secondary N) is 1. The third-order valence-corrected chi connectivity index (χ3v) is 9.17. The van der Waals surface area contributed by atoms with E-state index in [0.717, 1.165) is 12.8 Å². The maximum Gasteiger partial charge on any atom is 0.419 e. The minimum atomic E-state index is -5.36. The number of piperazine rings is 1. The van der Waals surface area contributed by atoms with Crippen molar-refractivity contribution in [2.75, 3.05) is 57.6 Å². The molecular weight excluding hydrogens is 630 g/mol. The number of likely N-dealkylation sites (tertiary alicyclic amines) is 1. The smallest absolute Gasteiger partial charge is 0.419 e. The van der Waals surface area contributed by atoms with E-state index in [4.69, 9.17) is 15.2 Å². The quantitative estimate of drug-likeness (QED) is 0.276. The molecule has 2 aromatic heterocycles. The molecule has 3 fully saturated rings. The molecule has 3 aliphatic heterocycles. The third-order valence-electron chi connectivity index (χ3n) is 9.17. The van der Waals surface area contributed by atoms with Gasteiger partial charge in [-0.1, -0.05) is 6.92 Å². The molecule has 1 aromatic carbocycles. The Balaban J connectivity index is 1.58. The Morgan fingerprint density at radius 3 is 2.51 bits per heavy atom. The van der Waals surface area contributed by atoms with Gasteiger partial charge in [-0.3, -0.25) is 0 Å².